The summed E-state index contributed by atoms with van der Waals surface area (Å²) in [6, 6.07) is 10.9. The molecule has 8 heteroatoms. The van der Waals surface area contributed by atoms with Gasteiger partial charge in [0.25, 0.3) is 0 Å². The smallest absolute Gasteiger partial charge is 0.243 e. The number of nitrogens with one attached hydrogen (secondary N) is 2. The molecule has 31 heavy (non-hydrogen) atoms. The van der Waals surface area contributed by atoms with Crippen molar-refractivity contribution in [2.75, 3.05) is 79.7 Å². The van der Waals surface area contributed by atoms with Gasteiger partial charge >= 0.3 is 0 Å². The Morgan fingerprint density at radius 1 is 1.10 bits per heavy atom. The molecule has 1 amide bonds. The van der Waals surface area contributed by atoms with Crippen LogP contribution in [0.2, 0.25) is 0 Å². The molecule has 2 aliphatic heterocycles. The van der Waals surface area contributed by atoms with Gasteiger partial charge in [0.15, 0.2) is 5.96 Å². The first kappa shape index (κ1) is 23.5. The minimum Gasteiger partial charge on any atom is -0.379 e. The number of guanidine groups is 1. The minimum absolute atomic E-state index is 0.00608. The maximum absolute atomic E-state index is 12.1. The molecule has 2 saturated heterocycles. The lowest BCUT2D eigenvalue weighted by Gasteiger charge is -2.29. The van der Waals surface area contributed by atoms with Gasteiger partial charge in [0.2, 0.25) is 5.91 Å². The number of morpholine rings is 1. The number of carbonyl (C=O) groups excluding carboxylic acids is 1. The normalized spacial score (nSPS) is 19.2. The van der Waals surface area contributed by atoms with Gasteiger partial charge < -0.3 is 20.3 Å². The molecule has 2 aliphatic rings. The Hall–Kier alpha value is -2.16. The summed E-state index contributed by atoms with van der Waals surface area (Å²) in [7, 11) is 3.52. The van der Waals surface area contributed by atoms with Gasteiger partial charge in [-0.3, -0.25) is 14.6 Å². The SMILES string of the molecule is CN(C)C(=O)CN=C(NCCN1CCOCC1)NCC(c1ccccc1)N1CCCC1. The Balaban J connectivity index is 1.60. The fourth-order valence-electron chi connectivity index (χ4n) is 4.00. The molecule has 3 rings (SSSR count). The average molecular weight is 431 g/mol. The summed E-state index contributed by atoms with van der Waals surface area (Å²) in [5, 5.41) is 6.94. The first-order valence-corrected chi connectivity index (χ1v) is 11.4. The minimum atomic E-state index is -0.00608. The molecule has 0 saturated carbocycles. The zero-order valence-electron chi connectivity index (χ0n) is 19.1. The molecule has 172 valence electrons. The van der Waals surface area contributed by atoms with Crippen LogP contribution in [0.3, 0.4) is 0 Å². The largest absolute Gasteiger partial charge is 0.379 e. The third-order valence-electron chi connectivity index (χ3n) is 5.92. The van der Waals surface area contributed by atoms with Gasteiger partial charge in [-0.15, -0.1) is 0 Å². The molecule has 1 atom stereocenters. The van der Waals surface area contributed by atoms with E-state index in [-0.39, 0.29) is 12.5 Å². The van der Waals surface area contributed by atoms with Crippen molar-refractivity contribution in [1.29, 1.82) is 0 Å². The highest BCUT2D eigenvalue weighted by Gasteiger charge is 2.23. The number of hydrogen-bond donors (Lipinski definition) is 2. The van der Waals surface area contributed by atoms with Crippen LogP contribution in [0.1, 0.15) is 24.4 Å². The molecule has 0 spiro atoms. The average Bonchev–Trinajstić information content (AvgIpc) is 3.33. The van der Waals surface area contributed by atoms with E-state index < -0.39 is 0 Å². The number of benzene rings is 1. The van der Waals surface area contributed by atoms with E-state index in [1.165, 1.54) is 18.4 Å². The molecule has 0 radical (unpaired) electrons. The molecule has 0 aromatic heterocycles. The fraction of sp³-hybridized carbons (Fsp3) is 0.652. The van der Waals surface area contributed by atoms with E-state index in [1.54, 1.807) is 19.0 Å². The highest BCUT2D eigenvalue weighted by atomic mass is 16.5. The van der Waals surface area contributed by atoms with E-state index in [4.69, 9.17) is 4.74 Å². The Morgan fingerprint density at radius 2 is 1.81 bits per heavy atom. The molecule has 8 nitrogen and oxygen atoms in total. The number of likely N-dealkylation sites (N-methyl/N-ethyl adjacent to an activating group) is 1. The van der Waals surface area contributed by atoms with Gasteiger partial charge in [-0.1, -0.05) is 30.3 Å². The van der Waals surface area contributed by atoms with Crippen molar-refractivity contribution in [1.82, 2.24) is 25.3 Å². The molecule has 0 aliphatic carbocycles. The second-order valence-corrected chi connectivity index (χ2v) is 8.38. The number of ether oxygens (including phenoxy) is 1. The van der Waals surface area contributed by atoms with Crippen LogP contribution in [0.4, 0.5) is 0 Å². The van der Waals surface area contributed by atoms with Gasteiger partial charge in [0.1, 0.15) is 6.54 Å². The van der Waals surface area contributed by atoms with E-state index in [1.807, 2.05) is 0 Å². The highest BCUT2D eigenvalue weighted by molar-refractivity contribution is 5.84. The monoisotopic (exact) mass is 430 g/mol. The second kappa shape index (κ2) is 12.6. The van der Waals surface area contributed by atoms with Crippen molar-refractivity contribution in [3.63, 3.8) is 0 Å². The van der Waals surface area contributed by atoms with Crippen molar-refractivity contribution >= 4 is 11.9 Å². The van der Waals surface area contributed by atoms with Crippen LogP contribution in [0.5, 0.6) is 0 Å². The maximum Gasteiger partial charge on any atom is 0.243 e. The van der Waals surface area contributed by atoms with Crippen LogP contribution < -0.4 is 10.6 Å². The first-order chi connectivity index (χ1) is 15.1. The van der Waals surface area contributed by atoms with Crippen molar-refractivity contribution in [2.24, 2.45) is 4.99 Å². The van der Waals surface area contributed by atoms with Gasteiger partial charge in [0, 0.05) is 46.8 Å². The molecule has 2 N–H and O–H groups in total. The molecular formula is C23H38N6O2. The molecule has 0 bridgehead atoms. The second-order valence-electron chi connectivity index (χ2n) is 8.38. The predicted molar refractivity (Wildman–Crippen MR) is 124 cm³/mol. The van der Waals surface area contributed by atoms with E-state index in [9.17, 15) is 4.79 Å². The lowest BCUT2D eigenvalue weighted by Crippen LogP contribution is -2.46. The number of hydrogen-bond acceptors (Lipinski definition) is 5. The maximum atomic E-state index is 12.1. The third-order valence-corrected chi connectivity index (χ3v) is 5.92. The first-order valence-electron chi connectivity index (χ1n) is 11.4. The number of rotatable bonds is 9. The Kier molecular flexibility index (Phi) is 9.58. The topological polar surface area (TPSA) is 72.4 Å². The fourth-order valence-corrected chi connectivity index (χ4v) is 4.00. The zero-order valence-corrected chi connectivity index (χ0v) is 19.1. The van der Waals surface area contributed by atoms with Crippen molar-refractivity contribution in [3.05, 3.63) is 35.9 Å². The lowest BCUT2D eigenvalue weighted by atomic mass is 10.1. The van der Waals surface area contributed by atoms with Gasteiger partial charge in [0.05, 0.1) is 19.3 Å². The molecule has 1 aromatic rings. The number of likely N-dealkylation sites (tertiary alicyclic amines) is 1. The van der Waals surface area contributed by atoms with E-state index in [0.29, 0.717) is 12.0 Å². The summed E-state index contributed by atoms with van der Waals surface area (Å²) in [6.07, 6.45) is 2.50. The number of amides is 1. The number of nitrogens with zero attached hydrogens (tertiary/aromatic N) is 4. The Morgan fingerprint density at radius 3 is 2.48 bits per heavy atom. The lowest BCUT2D eigenvalue weighted by molar-refractivity contribution is -0.127. The van der Waals surface area contributed by atoms with Gasteiger partial charge in [-0.25, -0.2) is 4.99 Å². The Bertz CT molecular complexity index is 685. The van der Waals surface area contributed by atoms with Crippen molar-refractivity contribution in [2.45, 2.75) is 18.9 Å². The van der Waals surface area contributed by atoms with Crippen LogP contribution in [-0.4, -0.2) is 106 Å². The van der Waals surface area contributed by atoms with E-state index >= 15 is 0 Å². The van der Waals surface area contributed by atoms with Crippen LogP contribution in [0.15, 0.2) is 35.3 Å². The van der Waals surface area contributed by atoms with Crippen molar-refractivity contribution < 1.29 is 9.53 Å². The van der Waals surface area contributed by atoms with Gasteiger partial charge in [-0.05, 0) is 31.5 Å². The summed E-state index contributed by atoms with van der Waals surface area (Å²) >= 11 is 0. The zero-order chi connectivity index (χ0) is 21.9. The van der Waals surface area contributed by atoms with Gasteiger partial charge in [-0.2, -0.15) is 0 Å². The van der Waals surface area contributed by atoms with E-state index in [2.05, 4.69) is 55.8 Å². The number of carbonyl (C=O) groups is 1. The van der Waals surface area contributed by atoms with Crippen LogP contribution in [0.25, 0.3) is 0 Å². The Labute approximate surface area is 186 Å². The van der Waals surface area contributed by atoms with Crippen LogP contribution in [-0.2, 0) is 9.53 Å². The molecule has 2 fully saturated rings. The third kappa shape index (κ3) is 7.79. The summed E-state index contributed by atoms with van der Waals surface area (Å²) in [6.45, 7) is 8.37. The van der Waals surface area contributed by atoms with Crippen LogP contribution >= 0.6 is 0 Å². The summed E-state index contributed by atoms with van der Waals surface area (Å²) in [5.74, 6) is 0.692. The number of aliphatic imine (C=N–C) groups is 1. The summed E-state index contributed by atoms with van der Waals surface area (Å²) in [4.78, 5) is 23.1. The summed E-state index contributed by atoms with van der Waals surface area (Å²) < 4.78 is 5.43. The standard InChI is InChI=1S/C23H38N6O2/c1-27(2)22(30)19-26-23(24-10-13-28-14-16-31-17-15-28)25-18-21(29-11-6-7-12-29)20-8-4-3-5-9-20/h3-5,8-9,21H,6-7,10-19H2,1-2H3,(H2,24,25,26). The molecule has 1 aromatic carbocycles. The molecule has 2 heterocycles. The highest BCUT2D eigenvalue weighted by Crippen LogP contribution is 2.24. The molecular weight excluding hydrogens is 392 g/mol. The van der Waals surface area contributed by atoms with Crippen LogP contribution in [0, 0.1) is 0 Å². The van der Waals surface area contributed by atoms with Crippen molar-refractivity contribution in [3.8, 4) is 0 Å². The molecule has 1 unspecified atom stereocenters. The predicted octanol–water partition coefficient (Wildman–Crippen LogP) is 0.779. The van der Waals surface area contributed by atoms with E-state index in [0.717, 1.165) is 59.0 Å². The quantitative estimate of drug-likeness (QED) is 0.446. The summed E-state index contributed by atoms with van der Waals surface area (Å²) in [5.41, 5.74) is 1.31.